The van der Waals surface area contributed by atoms with E-state index in [-0.39, 0.29) is 29.9 Å². The van der Waals surface area contributed by atoms with Gasteiger partial charge in [-0.2, -0.15) is 0 Å². The Hall–Kier alpha value is -3.20. The van der Waals surface area contributed by atoms with E-state index in [1.54, 1.807) is 11.3 Å². The molecule has 1 saturated heterocycles. The number of benzene rings is 2. The highest BCUT2D eigenvalue weighted by atomic mass is 32.1. The van der Waals surface area contributed by atoms with Crippen molar-refractivity contribution in [1.82, 2.24) is 20.1 Å². The van der Waals surface area contributed by atoms with Crippen molar-refractivity contribution in [3.8, 4) is 0 Å². The number of ketones is 2. The molecule has 0 spiro atoms. The maximum atomic E-state index is 13.7. The summed E-state index contributed by atoms with van der Waals surface area (Å²) in [5, 5.41) is 4.07. The molecule has 230 valence electrons. The number of Topliss-reactive ketones (excluding diaryl/α,β-unsaturated/α-hetero) is 2. The predicted octanol–water partition coefficient (Wildman–Crippen LogP) is 5.44. The minimum atomic E-state index is -0.524. The zero-order chi connectivity index (χ0) is 30.9. The zero-order valence-corrected chi connectivity index (χ0v) is 26.9. The number of fused-ring (bicyclic) bond motifs is 1. The topological polar surface area (TPSA) is 82.6 Å². The SMILES string of the molecule is C=C(CN1CCN(C)CC1)C(=O)CC[C@H](Cc1ccccc1)NC(=O)[C@@H](CC(C)=O)Cc1nc2ccc(C(C)C)cc2s1. The number of hydrogen-bond acceptors (Lipinski definition) is 7. The number of rotatable bonds is 15. The van der Waals surface area contributed by atoms with Crippen molar-refractivity contribution in [1.29, 1.82) is 0 Å². The van der Waals surface area contributed by atoms with Crippen molar-refractivity contribution < 1.29 is 14.4 Å². The van der Waals surface area contributed by atoms with Crippen LogP contribution in [0.5, 0.6) is 0 Å². The number of hydrogen-bond donors (Lipinski definition) is 1. The number of nitrogens with zero attached hydrogens (tertiary/aromatic N) is 3. The van der Waals surface area contributed by atoms with E-state index in [2.05, 4.69) is 54.7 Å². The van der Waals surface area contributed by atoms with Crippen LogP contribution in [0, 0.1) is 5.92 Å². The largest absolute Gasteiger partial charge is 0.353 e. The van der Waals surface area contributed by atoms with Gasteiger partial charge in [0.15, 0.2) is 5.78 Å². The van der Waals surface area contributed by atoms with E-state index in [9.17, 15) is 14.4 Å². The van der Waals surface area contributed by atoms with Gasteiger partial charge >= 0.3 is 0 Å². The Labute approximate surface area is 260 Å². The monoisotopic (exact) mass is 602 g/mol. The van der Waals surface area contributed by atoms with Gasteiger partial charge in [0.05, 0.1) is 21.1 Å². The van der Waals surface area contributed by atoms with Gasteiger partial charge in [-0.25, -0.2) is 4.98 Å². The van der Waals surface area contributed by atoms with Gasteiger partial charge in [-0.15, -0.1) is 11.3 Å². The van der Waals surface area contributed by atoms with E-state index >= 15 is 0 Å². The van der Waals surface area contributed by atoms with Crippen LogP contribution in [0.4, 0.5) is 0 Å². The number of thiazole rings is 1. The van der Waals surface area contributed by atoms with Gasteiger partial charge in [-0.05, 0) is 56.0 Å². The minimum Gasteiger partial charge on any atom is -0.353 e. The van der Waals surface area contributed by atoms with Crippen molar-refractivity contribution in [3.63, 3.8) is 0 Å². The van der Waals surface area contributed by atoms with Gasteiger partial charge in [0.2, 0.25) is 5.91 Å². The van der Waals surface area contributed by atoms with Gasteiger partial charge in [0.1, 0.15) is 5.78 Å². The highest BCUT2D eigenvalue weighted by Gasteiger charge is 2.26. The Morgan fingerprint density at radius 3 is 2.42 bits per heavy atom. The Morgan fingerprint density at radius 2 is 1.74 bits per heavy atom. The van der Waals surface area contributed by atoms with E-state index in [1.807, 2.05) is 36.4 Å². The molecule has 0 radical (unpaired) electrons. The third-order valence-electron chi connectivity index (χ3n) is 8.24. The second-order valence-corrected chi connectivity index (χ2v) is 13.5. The standard InChI is InChI=1S/C35H46N4O3S/c1-24(2)28-11-13-31-33(21-28)43-34(37-31)22-29(19-26(4)40)35(42)36-30(20-27-9-7-6-8-10-27)12-14-32(41)25(3)23-39-17-15-38(5)16-18-39/h6-11,13,21,24,29-30H,3,12,14-20,22-23H2,1-2,4-5H3,(H,36,42)/t29-,30+/m0/s1. The van der Waals surface area contributed by atoms with Crippen LogP contribution >= 0.6 is 11.3 Å². The lowest BCUT2D eigenvalue weighted by molar-refractivity contribution is -0.129. The van der Waals surface area contributed by atoms with E-state index in [1.165, 1.54) is 12.5 Å². The van der Waals surface area contributed by atoms with Crippen molar-refractivity contribution in [2.45, 2.75) is 64.8 Å². The molecule has 2 heterocycles. The summed E-state index contributed by atoms with van der Waals surface area (Å²) >= 11 is 1.59. The van der Waals surface area contributed by atoms with Crippen LogP contribution in [0.25, 0.3) is 10.2 Å². The fourth-order valence-corrected chi connectivity index (χ4v) is 6.64. The Kier molecular flexibility index (Phi) is 11.8. The van der Waals surface area contributed by atoms with Crippen LogP contribution in [0.2, 0.25) is 0 Å². The van der Waals surface area contributed by atoms with E-state index < -0.39 is 5.92 Å². The molecule has 1 aromatic heterocycles. The van der Waals surface area contributed by atoms with Gasteiger partial charge in [0, 0.05) is 63.6 Å². The van der Waals surface area contributed by atoms with Gasteiger partial charge < -0.3 is 15.0 Å². The summed E-state index contributed by atoms with van der Waals surface area (Å²) in [5.74, 6) is -0.255. The first-order valence-corrected chi connectivity index (χ1v) is 16.2. The molecule has 1 amide bonds. The molecule has 3 aromatic rings. The molecular weight excluding hydrogens is 556 g/mol. The van der Waals surface area contributed by atoms with Crippen LogP contribution in [0.1, 0.15) is 62.1 Å². The fraction of sp³-hybridized carbons (Fsp3) is 0.486. The molecular formula is C35H46N4O3S. The molecule has 2 atom stereocenters. The Bertz CT molecular complexity index is 1410. The molecule has 4 rings (SSSR count). The third kappa shape index (κ3) is 9.91. The van der Waals surface area contributed by atoms with Crippen LogP contribution < -0.4 is 5.32 Å². The fourth-order valence-electron chi connectivity index (χ4n) is 5.54. The van der Waals surface area contributed by atoms with E-state index in [4.69, 9.17) is 4.98 Å². The summed E-state index contributed by atoms with van der Waals surface area (Å²) < 4.78 is 1.10. The number of nitrogens with one attached hydrogen (secondary N) is 1. The Balaban J connectivity index is 1.43. The molecule has 0 saturated carbocycles. The molecule has 1 fully saturated rings. The zero-order valence-electron chi connectivity index (χ0n) is 26.1. The molecule has 8 heteroatoms. The lowest BCUT2D eigenvalue weighted by atomic mass is 9.95. The number of amides is 1. The van der Waals surface area contributed by atoms with Crippen molar-refractivity contribution in [3.05, 3.63) is 76.8 Å². The molecule has 1 aliphatic rings. The molecule has 0 unspecified atom stereocenters. The second kappa shape index (κ2) is 15.5. The minimum absolute atomic E-state index is 0.0293. The van der Waals surface area contributed by atoms with Crippen LogP contribution in [-0.2, 0) is 27.2 Å². The third-order valence-corrected chi connectivity index (χ3v) is 9.29. The van der Waals surface area contributed by atoms with Crippen molar-refractivity contribution >= 4 is 39.0 Å². The molecule has 0 bridgehead atoms. The van der Waals surface area contributed by atoms with Crippen LogP contribution in [0.3, 0.4) is 0 Å². The lowest BCUT2D eigenvalue weighted by Gasteiger charge is -2.32. The predicted molar refractivity (Wildman–Crippen MR) is 176 cm³/mol. The first-order valence-electron chi connectivity index (χ1n) is 15.4. The van der Waals surface area contributed by atoms with Gasteiger partial charge in [-0.3, -0.25) is 14.5 Å². The summed E-state index contributed by atoms with van der Waals surface area (Å²) in [5.41, 5.74) is 3.89. The first kappa shape index (κ1) is 32.7. The second-order valence-electron chi connectivity index (χ2n) is 12.3. The molecule has 0 aliphatic carbocycles. The average molecular weight is 603 g/mol. The highest BCUT2D eigenvalue weighted by Crippen LogP contribution is 2.28. The first-order chi connectivity index (χ1) is 20.6. The molecule has 1 aliphatic heterocycles. The van der Waals surface area contributed by atoms with Crippen molar-refractivity contribution in [2.24, 2.45) is 5.92 Å². The molecule has 7 nitrogen and oxygen atoms in total. The average Bonchev–Trinajstić information content (AvgIpc) is 3.38. The summed E-state index contributed by atoms with van der Waals surface area (Å²) in [7, 11) is 2.11. The smallest absolute Gasteiger partial charge is 0.224 e. The number of likely N-dealkylation sites (N-methyl/N-ethyl adjacent to an activating group) is 1. The van der Waals surface area contributed by atoms with Gasteiger partial charge in [0.25, 0.3) is 0 Å². The maximum absolute atomic E-state index is 13.7. The number of carbonyl (C=O) groups excluding carboxylic acids is 3. The van der Waals surface area contributed by atoms with E-state index in [0.717, 1.165) is 47.0 Å². The summed E-state index contributed by atoms with van der Waals surface area (Å²) in [6.07, 6.45) is 1.99. The summed E-state index contributed by atoms with van der Waals surface area (Å²) in [6, 6.07) is 16.1. The molecule has 43 heavy (non-hydrogen) atoms. The van der Waals surface area contributed by atoms with Crippen molar-refractivity contribution in [2.75, 3.05) is 39.8 Å². The summed E-state index contributed by atoms with van der Waals surface area (Å²) in [6.45, 7) is 14.4. The van der Waals surface area contributed by atoms with Crippen LogP contribution in [0.15, 0.2) is 60.7 Å². The highest BCUT2D eigenvalue weighted by molar-refractivity contribution is 7.18. The molecule has 1 N–H and O–H groups in total. The lowest BCUT2D eigenvalue weighted by Crippen LogP contribution is -2.45. The van der Waals surface area contributed by atoms with E-state index in [0.29, 0.717) is 43.7 Å². The molecule has 2 aromatic carbocycles. The Morgan fingerprint density at radius 1 is 1.02 bits per heavy atom. The number of carbonyl (C=O) groups is 3. The maximum Gasteiger partial charge on any atom is 0.224 e. The van der Waals surface area contributed by atoms with Gasteiger partial charge in [-0.1, -0.05) is 56.8 Å². The quantitative estimate of drug-likeness (QED) is 0.234. The van der Waals surface area contributed by atoms with Crippen LogP contribution in [-0.4, -0.2) is 78.1 Å². The normalized spacial score (nSPS) is 15.8. The number of piperazine rings is 1. The number of aromatic nitrogens is 1. The summed E-state index contributed by atoms with van der Waals surface area (Å²) in [4.78, 5) is 48.4.